The number of carbonyl (C=O) groups is 1. The first-order valence-electron chi connectivity index (χ1n) is 11.6. The van der Waals surface area contributed by atoms with Crippen LogP contribution in [0.1, 0.15) is 68.9 Å². The van der Waals surface area contributed by atoms with E-state index >= 15 is 0 Å². The lowest BCUT2D eigenvalue weighted by Gasteiger charge is -2.36. The molecule has 0 saturated carbocycles. The van der Waals surface area contributed by atoms with Gasteiger partial charge in [-0.15, -0.1) is 0 Å². The van der Waals surface area contributed by atoms with E-state index in [0.29, 0.717) is 17.6 Å². The Hall–Kier alpha value is -2.42. The molecule has 0 unspecified atom stereocenters. The molecule has 30 heavy (non-hydrogen) atoms. The number of rotatable bonds is 11. The molecule has 0 bridgehead atoms. The molecule has 0 aromatic heterocycles. The summed E-state index contributed by atoms with van der Waals surface area (Å²) in [5.41, 5.74) is 2.86. The molecule has 0 radical (unpaired) electrons. The number of benzene rings is 2. The van der Waals surface area contributed by atoms with Crippen LogP contribution in [0.4, 0.5) is 0 Å². The van der Waals surface area contributed by atoms with Crippen molar-refractivity contribution in [3.05, 3.63) is 71.8 Å². The highest BCUT2D eigenvalue weighted by Gasteiger charge is 2.28. The van der Waals surface area contributed by atoms with Crippen LogP contribution in [0.5, 0.6) is 0 Å². The second-order valence-corrected chi connectivity index (χ2v) is 8.56. The third-order valence-corrected chi connectivity index (χ3v) is 6.17. The number of hydrogen-bond acceptors (Lipinski definition) is 2. The molecule has 1 aliphatic heterocycles. The van der Waals surface area contributed by atoms with Crippen molar-refractivity contribution < 1.29 is 4.79 Å². The molecule has 0 amide bonds. The summed E-state index contributed by atoms with van der Waals surface area (Å²) in [7, 11) is 0. The summed E-state index contributed by atoms with van der Waals surface area (Å²) in [5, 5.41) is 0. The molecular formula is C27H36N2O. The SMILES string of the molecule is CC(=O)CCCCCCN=CN1CCC(C(c2ccccc2)c2ccccc2)CC1. The van der Waals surface area contributed by atoms with E-state index in [1.165, 1.54) is 30.4 Å². The first kappa shape index (κ1) is 22.3. The van der Waals surface area contributed by atoms with E-state index in [0.717, 1.165) is 45.3 Å². The molecule has 3 nitrogen and oxygen atoms in total. The molecule has 0 atom stereocenters. The standard InChI is InChI=1S/C27H36N2O/c1-23(30)12-6-2-3-11-19-28-22-29-20-17-26(18-21-29)27(24-13-7-4-8-14-24)25-15-9-5-10-16-25/h4-5,7-10,13-16,22,26-27H,2-3,6,11-12,17-21H2,1H3. The van der Waals surface area contributed by atoms with Crippen molar-refractivity contribution in [3.63, 3.8) is 0 Å². The first-order chi connectivity index (χ1) is 14.7. The minimum atomic E-state index is 0.304. The zero-order valence-corrected chi connectivity index (χ0v) is 18.4. The fourth-order valence-corrected chi connectivity index (χ4v) is 4.53. The van der Waals surface area contributed by atoms with Gasteiger partial charge in [0.25, 0.3) is 0 Å². The van der Waals surface area contributed by atoms with Crippen LogP contribution in [0.25, 0.3) is 0 Å². The topological polar surface area (TPSA) is 32.7 Å². The zero-order chi connectivity index (χ0) is 21.0. The summed E-state index contributed by atoms with van der Waals surface area (Å²) in [6, 6.07) is 22.0. The lowest BCUT2D eigenvalue weighted by molar-refractivity contribution is -0.117. The van der Waals surface area contributed by atoms with Crippen LogP contribution in [0.2, 0.25) is 0 Å². The molecule has 160 valence electrons. The lowest BCUT2D eigenvalue weighted by atomic mass is 9.76. The first-order valence-corrected chi connectivity index (χ1v) is 11.6. The van der Waals surface area contributed by atoms with Gasteiger partial charge in [0.2, 0.25) is 0 Å². The van der Waals surface area contributed by atoms with Gasteiger partial charge in [-0.2, -0.15) is 0 Å². The number of ketones is 1. The Kier molecular flexibility index (Phi) is 9.14. The van der Waals surface area contributed by atoms with Crippen LogP contribution in [-0.4, -0.2) is 36.7 Å². The fraction of sp³-hybridized carbons (Fsp3) is 0.481. The largest absolute Gasteiger partial charge is 0.363 e. The van der Waals surface area contributed by atoms with Crippen LogP contribution in [0, 0.1) is 5.92 Å². The van der Waals surface area contributed by atoms with E-state index in [-0.39, 0.29) is 0 Å². The minimum Gasteiger partial charge on any atom is -0.363 e. The Balaban J connectivity index is 1.46. The second-order valence-electron chi connectivity index (χ2n) is 8.56. The van der Waals surface area contributed by atoms with Crippen molar-refractivity contribution in [1.82, 2.24) is 4.90 Å². The third kappa shape index (κ3) is 7.12. The van der Waals surface area contributed by atoms with Gasteiger partial charge < -0.3 is 9.69 Å². The van der Waals surface area contributed by atoms with Gasteiger partial charge in [-0.3, -0.25) is 4.99 Å². The van der Waals surface area contributed by atoms with Gasteiger partial charge in [0.05, 0.1) is 6.34 Å². The highest BCUT2D eigenvalue weighted by molar-refractivity contribution is 5.75. The van der Waals surface area contributed by atoms with E-state index in [9.17, 15) is 4.79 Å². The number of nitrogens with zero attached hydrogens (tertiary/aromatic N) is 2. The second kappa shape index (κ2) is 12.3. The maximum atomic E-state index is 11.0. The molecule has 0 aliphatic carbocycles. The lowest BCUT2D eigenvalue weighted by Crippen LogP contribution is -2.35. The number of likely N-dealkylation sites (tertiary alicyclic amines) is 1. The molecule has 3 rings (SSSR count). The summed E-state index contributed by atoms with van der Waals surface area (Å²) in [6.45, 7) is 4.75. The van der Waals surface area contributed by atoms with Crippen molar-refractivity contribution in [2.24, 2.45) is 10.9 Å². The molecule has 1 heterocycles. The summed E-state index contributed by atoms with van der Waals surface area (Å²) < 4.78 is 0. The number of hydrogen-bond donors (Lipinski definition) is 0. The van der Waals surface area contributed by atoms with E-state index in [1.807, 2.05) is 0 Å². The Bertz CT molecular complexity index is 724. The van der Waals surface area contributed by atoms with Gasteiger partial charge in [0, 0.05) is 32.0 Å². The molecule has 1 saturated heterocycles. The molecule has 2 aromatic rings. The van der Waals surface area contributed by atoms with E-state index in [1.54, 1.807) is 6.92 Å². The number of piperidine rings is 1. The van der Waals surface area contributed by atoms with Crippen molar-refractivity contribution in [3.8, 4) is 0 Å². The Morgan fingerprint density at radius 2 is 1.50 bits per heavy atom. The van der Waals surface area contributed by atoms with Crippen molar-refractivity contribution in [2.45, 2.75) is 57.8 Å². The average molecular weight is 405 g/mol. The molecule has 1 fully saturated rings. The van der Waals surface area contributed by atoms with Crippen LogP contribution in [0.15, 0.2) is 65.7 Å². The molecule has 3 heteroatoms. The van der Waals surface area contributed by atoms with Gasteiger partial charge in [-0.05, 0) is 49.7 Å². The number of Topliss-reactive ketones (excluding diaryl/α,β-unsaturated/α-hetero) is 1. The van der Waals surface area contributed by atoms with Crippen LogP contribution >= 0.6 is 0 Å². The number of aliphatic imine (C=N–C) groups is 1. The summed E-state index contributed by atoms with van der Waals surface area (Å²) >= 11 is 0. The van der Waals surface area contributed by atoms with Crippen LogP contribution in [0.3, 0.4) is 0 Å². The van der Waals surface area contributed by atoms with Crippen LogP contribution < -0.4 is 0 Å². The Morgan fingerprint density at radius 3 is 2.07 bits per heavy atom. The fourth-order valence-electron chi connectivity index (χ4n) is 4.53. The van der Waals surface area contributed by atoms with Crippen LogP contribution in [-0.2, 0) is 4.79 Å². The van der Waals surface area contributed by atoms with Gasteiger partial charge >= 0.3 is 0 Å². The predicted octanol–water partition coefficient (Wildman–Crippen LogP) is 6.10. The van der Waals surface area contributed by atoms with Gasteiger partial charge in [-0.1, -0.05) is 73.5 Å². The van der Waals surface area contributed by atoms with Crippen molar-refractivity contribution in [1.29, 1.82) is 0 Å². The summed E-state index contributed by atoms with van der Waals surface area (Å²) in [6.07, 6.45) is 9.66. The zero-order valence-electron chi connectivity index (χ0n) is 18.4. The van der Waals surface area contributed by atoms with E-state index in [2.05, 4.69) is 76.9 Å². The third-order valence-electron chi connectivity index (χ3n) is 6.17. The predicted molar refractivity (Wildman–Crippen MR) is 126 cm³/mol. The van der Waals surface area contributed by atoms with Gasteiger partial charge in [-0.25, -0.2) is 0 Å². The molecule has 2 aromatic carbocycles. The Morgan fingerprint density at radius 1 is 0.933 bits per heavy atom. The van der Waals surface area contributed by atoms with Crippen molar-refractivity contribution >= 4 is 12.1 Å². The summed E-state index contributed by atoms with van der Waals surface area (Å²) in [5.74, 6) is 1.44. The maximum Gasteiger partial charge on any atom is 0.129 e. The highest BCUT2D eigenvalue weighted by Crippen LogP contribution is 2.37. The van der Waals surface area contributed by atoms with Crippen molar-refractivity contribution in [2.75, 3.05) is 19.6 Å². The Labute approximate surface area is 182 Å². The smallest absolute Gasteiger partial charge is 0.129 e. The molecule has 1 aliphatic rings. The number of unbranched alkanes of at least 4 members (excludes halogenated alkanes) is 3. The molecule has 0 spiro atoms. The minimum absolute atomic E-state index is 0.304. The highest BCUT2D eigenvalue weighted by atomic mass is 16.1. The normalized spacial score (nSPS) is 15.2. The summed E-state index contributed by atoms with van der Waals surface area (Å²) in [4.78, 5) is 18.0. The van der Waals surface area contributed by atoms with Gasteiger partial charge in [0.15, 0.2) is 0 Å². The molecular weight excluding hydrogens is 368 g/mol. The van der Waals surface area contributed by atoms with E-state index in [4.69, 9.17) is 0 Å². The average Bonchev–Trinajstić information content (AvgIpc) is 2.78. The van der Waals surface area contributed by atoms with Gasteiger partial charge in [0.1, 0.15) is 5.78 Å². The molecule has 0 N–H and O–H groups in total. The maximum absolute atomic E-state index is 11.0. The quantitative estimate of drug-likeness (QED) is 0.258. The monoisotopic (exact) mass is 404 g/mol. The number of carbonyl (C=O) groups excluding carboxylic acids is 1. The van der Waals surface area contributed by atoms with E-state index < -0.39 is 0 Å².